The Morgan fingerprint density at radius 2 is 1.62 bits per heavy atom. The molecule has 0 heterocycles. The molecule has 7 nitrogen and oxygen atoms in total. The first kappa shape index (κ1) is 19.2. The zero-order valence-corrected chi connectivity index (χ0v) is 15.3. The number of rotatable bonds is 5. The Hall–Kier alpha value is -3.13. The number of amides is 1. The van der Waals surface area contributed by atoms with Gasteiger partial charge in [0, 0.05) is 17.3 Å². The molecule has 0 spiro atoms. The molecule has 0 saturated heterocycles. The molecule has 1 amide bonds. The molecule has 0 aliphatic carbocycles. The normalized spacial score (nSPS) is 9.81. The summed E-state index contributed by atoms with van der Waals surface area (Å²) < 4.78 is 15.0. The monoisotopic (exact) mass is 374 g/mol. The molecule has 0 aliphatic rings. The molecule has 0 unspecified atom stereocenters. The zero-order chi connectivity index (χ0) is 19.1. The minimum atomic E-state index is -0.523. The Bertz CT molecular complexity index is 838. The lowest BCUT2D eigenvalue weighted by Crippen LogP contribution is -2.34. The summed E-state index contributed by atoms with van der Waals surface area (Å²) in [5.74, 6) is 0.129. The Balaban J connectivity index is 2.06. The highest BCUT2D eigenvalue weighted by Crippen LogP contribution is 2.29. The minimum Gasteiger partial charge on any atom is -0.493 e. The van der Waals surface area contributed by atoms with Gasteiger partial charge < -0.3 is 19.5 Å². The molecule has 136 valence electrons. The number of carbonyl (C=O) groups is 2. The number of esters is 1. The van der Waals surface area contributed by atoms with Gasteiger partial charge in [0.1, 0.15) is 0 Å². The lowest BCUT2D eigenvalue weighted by molar-refractivity contribution is 0.0600. The van der Waals surface area contributed by atoms with Crippen LogP contribution in [0.4, 0.5) is 5.69 Å². The largest absolute Gasteiger partial charge is 0.493 e. The maximum atomic E-state index is 12.3. The molecule has 2 N–H and O–H groups in total. The fourth-order valence-electron chi connectivity index (χ4n) is 2.16. The topological polar surface area (TPSA) is 85.9 Å². The van der Waals surface area contributed by atoms with Gasteiger partial charge in [-0.2, -0.15) is 0 Å². The average Bonchev–Trinajstić information content (AvgIpc) is 2.67. The summed E-state index contributed by atoms with van der Waals surface area (Å²) in [7, 11) is 4.34. The highest BCUT2D eigenvalue weighted by molar-refractivity contribution is 7.80. The van der Waals surface area contributed by atoms with Crippen LogP contribution >= 0.6 is 12.2 Å². The van der Waals surface area contributed by atoms with Gasteiger partial charge >= 0.3 is 5.97 Å². The first-order valence-corrected chi connectivity index (χ1v) is 7.92. The highest BCUT2D eigenvalue weighted by atomic mass is 32.1. The maximum absolute atomic E-state index is 12.3. The van der Waals surface area contributed by atoms with Crippen molar-refractivity contribution in [2.24, 2.45) is 0 Å². The second kappa shape index (κ2) is 8.82. The second-order valence-corrected chi connectivity index (χ2v) is 5.46. The Labute approximate surface area is 156 Å². The van der Waals surface area contributed by atoms with Gasteiger partial charge in [0.05, 0.1) is 26.9 Å². The van der Waals surface area contributed by atoms with E-state index in [-0.39, 0.29) is 16.2 Å². The predicted molar refractivity (Wildman–Crippen MR) is 101 cm³/mol. The van der Waals surface area contributed by atoms with Crippen LogP contribution in [0.1, 0.15) is 20.7 Å². The molecular formula is C18H18N2O5S. The number of benzene rings is 2. The van der Waals surface area contributed by atoms with Crippen molar-refractivity contribution in [3.05, 3.63) is 53.6 Å². The molecule has 8 heteroatoms. The summed E-state index contributed by atoms with van der Waals surface area (Å²) in [5, 5.41) is 5.54. The minimum absolute atomic E-state index is 0.102. The molecule has 26 heavy (non-hydrogen) atoms. The van der Waals surface area contributed by atoms with Crippen molar-refractivity contribution >= 4 is 34.9 Å². The SMILES string of the molecule is COC(=O)c1cccc(C(=O)NC(=S)Nc2ccc(OC)c(OC)c2)c1. The quantitative estimate of drug-likeness (QED) is 0.615. The second-order valence-electron chi connectivity index (χ2n) is 5.05. The summed E-state index contributed by atoms with van der Waals surface area (Å²) in [6.45, 7) is 0. The van der Waals surface area contributed by atoms with Crippen LogP contribution in [0.5, 0.6) is 11.5 Å². The van der Waals surface area contributed by atoms with Gasteiger partial charge in [-0.3, -0.25) is 10.1 Å². The zero-order valence-electron chi connectivity index (χ0n) is 14.5. The molecule has 0 atom stereocenters. The van der Waals surface area contributed by atoms with Crippen molar-refractivity contribution < 1.29 is 23.8 Å². The fourth-order valence-corrected chi connectivity index (χ4v) is 2.37. The summed E-state index contributed by atoms with van der Waals surface area (Å²) in [5.41, 5.74) is 1.18. The number of methoxy groups -OCH3 is 3. The average molecular weight is 374 g/mol. The van der Waals surface area contributed by atoms with Crippen LogP contribution in [-0.2, 0) is 4.74 Å². The number of nitrogens with one attached hydrogen (secondary N) is 2. The number of thiocarbonyl (C=S) groups is 1. The molecule has 2 aromatic carbocycles. The molecule has 0 aromatic heterocycles. The molecule has 0 fully saturated rings. The van der Waals surface area contributed by atoms with Crippen LogP contribution in [0.15, 0.2) is 42.5 Å². The molecule has 2 aromatic rings. The summed E-state index contributed by atoms with van der Waals surface area (Å²) in [4.78, 5) is 23.8. The molecule has 0 radical (unpaired) electrons. The van der Waals surface area contributed by atoms with E-state index in [1.165, 1.54) is 27.4 Å². The summed E-state index contributed by atoms with van der Waals surface area (Å²) in [6, 6.07) is 11.3. The van der Waals surface area contributed by atoms with E-state index in [0.29, 0.717) is 17.2 Å². The van der Waals surface area contributed by atoms with Crippen LogP contribution in [0.25, 0.3) is 0 Å². The third-order valence-electron chi connectivity index (χ3n) is 3.41. The first-order valence-electron chi connectivity index (χ1n) is 7.51. The lowest BCUT2D eigenvalue weighted by Gasteiger charge is -2.12. The molecule has 2 rings (SSSR count). The third kappa shape index (κ3) is 4.70. The van der Waals surface area contributed by atoms with E-state index in [4.69, 9.17) is 21.7 Å². The van der Waals surface area contributed by atoms with Crippen LogP contribution in [-0.4, -0.2) is 38.3 Å². The van der Waals surface area contributed by atoms with Gasteiger partial charge in [-0.15, -0.1) is 0 Å². The number of ether oxygens (including phenoxy) is 3. The van der Waals surface area contributed by atoms with Crippen molar-refractivity contribution in [2.45, 2.75) is 0 Å². The number of hydrogen-bond donors (Lipinski definition) is 2. The van der Waals surface area contributed by atoms with E-state index in [0.717, 1.165) is 0 Å². The van der Waals surface area contributed by atoms with Gasteiger partial charge in [-0.25, -0.2) is 4.79 Å². The van der Waals surface area contributed by atoms with E-state index in [2.05, 4.69) is 15.4 Å². The van der Waals surface area contributed by atoms with Gasteiger partial charge in [0.2, 0.25) is 0 Å². The molecule has 0 aliphatic heterocycles. The highest BCUT2D eigenvalue weighted by Gasteiger charge is 2.12. The third-order valence-corrected chi connectivity index (χ3v) is 3.62. The van der Waals surface area contributed by atoms with Gasteiger partial charge in [-0.05, 0) is 42.5 Å². The van der Waals surface area contributed by atoms with Crippen molar-refractivity contribution in [2.75, 3.05) is 26.6 Å². The predicted octanol–water partition coefficient (Wildman–Crippen LogP) is 2.62. The van der Waals surface area contributed by atoms with E-state index in [1.807, 2.05) is 0 Å². The van der Waals surface area contributed by atoms with Gasteiger partial charge in [0.25, 0.3) is 5.91 Å². The Kier molecular flexibility index (Phi) is 6.51. The first-order chi connectivity index (χ1) is 12.5. The lowest BCUT2D eigenvalue weighted by atomic mass is 10.1. The van der Waals surface area contributed by atoms with Crippen LogP contribution in [0, 0.1) is 0 Å². The summed E-state index contributed by atoms with van der Waals surface area (Å²) >= 11 is 5.15. The molecular weight excluding hydrogens is 356 g/mol. The van der Waals surface area contributed by atoms with Crippen LogP contribution in [0.2, 0.25) is 0 Å². The van der Waals surface area contributed by atoms with E-state index in [1.54, 1.807) is 36.4 Å². The van der Waals surface area contributed by atoms with Crippen molar-refractivity contribution in [1.29, 1.82) is 0 Å². The number of anilines is 1. The fraction of sp³-hybridized carbons (Fsp3) is 0.167. The number of carbonyl (C=O) groups excluding carboxylic acids is 2. The van der Waals surface area contributed by atoms with E-state index < -0.39 is 11.9 Å². The smallest absolute Gasteiger partial charge is 0.337 e. The van der Waals surface area contributed by atoms with Crippen molar-refractivity contribution in [3.63, 3.8) is 0 Å². The Morgan fingerprint density at radius 1 is 0.923 bits per heavy atom. The Morgan fingerprint density at radius 3 is 2.27 bits per heavy atom. The van der Waals surface area contributed by atoms with Crippen molar-refractivity contribution in [3.8, 4) is 11.5 Å². The van der Waals surface area contributed by atoms with Gasteiger partial charge in [0.15, 0.2) is 16.6 Å². The van der Waals surface area contributed by atoms with Crippen molar-refractivity contribution in [1.82, 2.24) is 5.32 Å². The summed E-state index contributed by atoms with van der Waals surface area (Å²) in [6.07, 6.45) is 0. The van der Waals surface area contributed by atoms with Crippen LogP contribution in [0.3, 0.4) is 0 Å². The van der Waals surface area contributed by atoms with E-state index >= 15 is 0 Å². The standard InChI is InChI=1S/C18H18N2O5S/c1-23-14-8-7-13(10-15(14)24-2)19-18(26)20-16(21)11-5-4-6-12(9-11)17(22)25-3/h4-10H,1-3H3,(H2,19,20,21,26). The molecule has 0 saturated carbocycles. The van der Waals surface area contributed by atoms with E-state index in [9.17, 15) is 9.59 Å². The van der Waals surface area contributed by atoms with Crippen LogP contribution < -0.4 is 20.1 Å². The number of hydrogen-bond acceptors (Lipinski definition) is 6. The molecule has 0 bridgehead atoms. The van der Waals surface area contributed by atoms with Gasteiger partial charge in [-0.1, -0.05) is 6.07 Å². The maximum Gasteiger partial charge on any atom is 0.337 e.